The zero-order valence-corrected chi connectivity index (χ0v) is 19.6. The van der Waals surface area contributed by atoms with E-state index in [1.165, 1.54) is 5.56 Å². The van der Waals surface area contributed by atoms with Crippen molar-refractivity contribution < 1.29 is 14.3 Å². The van der Waals surface area contributed by atoms with Gasteiger partial charge in [0, 0.05) is 57.9 Å². The number of ether oxygens (including phenoxy) is 1. The van der Waals surface area contributed by atoms with Crippen LogP contribution in [0, 0.1) is 5.92 Å². The van der Waals surface area contributed by atoms with Crippen molar-refractivity contribution >= 4 is 17.5 Å². The first-order chi connectivity index (χ1) is 16.1. The van der Waals surface area contributed by atoms with Crippen LogP contribution in [0.3, 0.4) is 0 Å². The van der Waals surface area contributed by atoms with Crippen molar-refractivity contribution in [3.63, 3.8) is 0 Å². The molecular formula is C26H34N4O3. The Bertz CT molecular complexity index is 937. The second-order valence-corrected chi connectivity index (χ2v) is 8.85. The molecule has 4 rings (SSSR count). The number of hydrogen-bond acceptors (Lipinski definition) is 5. The van der Waals surface area contributed by atoms with Crippen molar-refractivity contribution in [2.75, 3.05) is 51.3 Å². The maximum atomic E-state index is 12.7. The van der Waals surface area contributed by atoms with E-state index in [9.17, 15) is 9.59 Å². The van der Waals surface area contributed by atoms with Crippen LogP contribution in [-0.4, -0.2) is 68.0 Å². The Morgan fingerprint density at radius 1 is 0.970 bits per heavy atom. The topological polar surface area (TPSA) is 65.1 Å². The van der Waals surface area contributed by atoms with Gasteiger partial charge >= 0.3 is 0 Å². The van der Waals surface area contributed by atoms with Crippen LogP contribution in [0.25, 0.3) is 0 Å². The molecule has 33 heavy (non-hydrogen) atoms. The van der Waals surface area contributed by atoms with Crippen LogP contribution in [0.2, 0.25) is 0 Å². The minimum absolute atomic E-state index is 0.0237. The van der Waals surface area contributed by atoms with Gasteiger partial charge < -0.3 is 19.9 Å². The molecular weight excluding hydrogens is 416 g/mol. The quantitative estimate of drug-likeness (QED) is 0.670. The van der Waals surface area contributed by atoms with Gasteiger partial charge in [0.1, 0.15) is 5.75 Å². The molecule has 0 radical (unpaired) electrons. The van der Waals surface area contributed by atoms with E-state index in [1.807, 2.05) is 24.3 Å². The molecule has 2 fully saturated rings. The Labute approximate surface area is 196 Å². The Hall–Kier alpha value is -2.90. The zero-order chi connectivity index (χ0) is 23.2. The molecule has 0 aliphatic carbocycles. The van der Waals surface area contributed by atoms with Gasteiger partial charge in [-0.3, -0.25) is 14.5 Å². The summed E-state index contributed by atoms with van der Waals surface area (Å²) in [4.78, 5) is 31.8. The molecule has 1 N–H and O–H groups in total. The normalized spacial score (nSPS) is 19.6. The molecule has 2 aliphatic rings. The summed E-state index contributed by atoms with van der Waals surface area (Å²) in [5.41, 5.74) is 3.16. The van der Waals surface area contributed by atoms with Gasteiger partial charge in [-0.1, -0.05) is 31.2 Å². The fraction of sp³-hybridized carbons (Fsp3) is 0.462. The van der Waals surface area contributed by atoms with Gasteiger partial charge in [-0.05, 0) is 41.9 Å². The third kappa shape index (κ3) is 5.92. The van der Waals surface area contributed by atoms with E-state index in [1.54, 1.807) is 12.0 Å². The minimum Gasteiger partial charge on any atom is -0.497 e. The van der Waals surface area contributed by atoms with Crippen molar-refractivity contribution in [3.8, 4) is 5.75 Å². The minimum atomic E-state index is -0.333. The number of likely N-dealkylation sites (N-methyl/N-ethyl adjacent to an activating group) is 1. The highest BCUT2D eigenvalue weighted by molar-refractivity contribution is 6.00. The molecule has 0 aromatic heterocycles. The Morgan fingerprint density at radius 2 is 1.61 bits per heavy atom. The smallest absolute Gasteiger partial charge is 0.227 e. The second-order valence-electron chi connectivity index (χ2n) is 8.85. The van der Waals surface area contributed by atoms with E-state index in [-0.39, 0.29) is 24.2 Å². The van der Waals surface area contributed by atoms with Gasteiger partial charge in [-0.15, -0.1) is 0 Å². The molecule has 1 atom stereocenters. The number of piperazine rings is 1. The number of amides is 2. The predicted octanol–water partition coefficient (Wildman–Crippen LogP) is 2.50. The number of hydrogen-bond donors (Lipinski definition) is 1. The first kappa shape index (κ1) is 23.3. The highest BCUT2D eigenvalue weighted by Gasteiger charge is 2.35. The predicted molar refractivity (Wildman–Crippen MR) is 129 cm³/mol. The van der Waals surface area contributed by atoms with Gasteiger partial charge in [-0.2, -0.15) is 0 Å². The third-order valence-electron chi connectivity index (χ3n) is 6.69. The fourth-order valence-electron chi connectivity index (χ4n) is 4.51. The van der Waals surface area contributed by atoms with Crippen LogP contribution in [0.4, 0.5) is 5.69 Å². The summed E-state index contributed by atoms with van der Waals surface area (Å²) >= 11 is 0. The molecule has 176 valence electrons. The van der Waals surface area contributed by atoms with E-state index in [2.05, 4.69) is 46.3 Å². The van der Waals surface area contributed by atoms with Gasteiger partial charge in [0.25, 0.3) is 0 Å². The maximum Gasteiger partial charge on any atom is 0.227 e. The average molecular weight is 451 g/mol. The van der Waals surface area contributed by atoms with E-state index in [0.29, 0.717) is 13.1 Å². The molecule has 7 nitrogen and oxygen atoms in total. The molecule has 7 heteroatoms. The monoisotopic (exact) mass is 450 g/mol. The average Bonchev–Trinajstić information content (AvgIpc) is 3.25. The van der Waals surface area contributed by atoms with Gasteiger partial charge in [0.2, 0.25) is 11.8 Å². The number of nitrogens with zero attached hydrogens (tertiary/aromatic N) is 3. The molecule has 2 aliphatic heterocycles. The summed E-state index contributed by atoms with van der Waals surface area (Å²) in [7, 11) is 1.61. The summed E-state index contributed by atoms with van der Waals surface area (Å²) in [6.45, 7) is 9.69. The van der Waals surface area contributed by atoms with Crippen molar-refractivity contribution in [1.29, 1.82) is 0 Å². The van der Waals surface area contributed by atoms with Crippen LogP contribution in [-0.2, 0) is 22.7 Å². The highest BCUT2D eigenvalue weighted by Crippen LogP contribution is 2.27. The van der Waals surface area contributed by atoms with Crippen molar-refractivity contribution in [1.82, 2.24) is 15.1 Å². The molecule has 2 amide bonds. The first-order valence-electron chi connectivity index (χ1n) is 11.8. The summed E-state index contributed by atoms with van der Waals surface area (Å²) in [5, 5.41) is 3.01. The largest absolute Gasteiger partial charge is 0.497 e. The number of methoxy groups -OCH3 is 1. The van der Waals surface area contributed by atoms with E-state index in [0.717, 1.165) is 56.3 Å². The van der Waals surface area contributed by atoms with E-state index in [4.69, 9.17) is 4.74 Å². The molecule has 0 bridgehead atoms. The number of anilines is 1. The van der Waals surface area contributed by atoms with Gasteiger partial charge in [0.05, 0.1) is 13.0 Å². The van der Waals surface area contributed by atoms with Gasteiger partial charge in [0.15, 0.2) is 0 Å². The highest BCUT2D eigenvalue weighted by atomic mass is 16.5. The van der Waals surface area contributed by atoms with Crippen molar-refractivity contribution in [2.45, 2.75) is 26.4 Å². The Balaban J connectivity index is 1.24. The zero-order valence-electron chi connectivity index (χ0n) is 19.6. The number of nitrogens with one attached hydrogen (secondary N) is 1. The lowest BCUT2D eigenvalue weighted by molar-refractivity contribution is -0.126. The number of carbonyl (C=O) groups excluding carboxylic acids is 2. The number of carbonyl (C=O) groups is 2. The lowest BCUT2D eigenvalue weighted by Crippen LogP contribution is -2.45. The van der Waals surface area contributed by atoms with Crippen molar-refractivity contribution in [3.05, 3.63) is 59.7 Å². The fourth-order valence-corrected chi connectivity index (χ4v) is 4.51. The molecule has 0 saturated carbocycles. The van der Waals surface area contributed by atoms with Gasteiger partial charge in [-0.25, -0.2) is 0 Å². The summed E-state index contributed by atoms with van der Waals surface area (Å²) in [6.07, 6.45) is 0.238. The SMILES string of the molecule is CCN1CCN(Cc2ccc(CNC(=O)C3CC(=O)N(c4ccc(OC)cc4)C3)cc2)CC1. The number of rotatable bonds is 8. The molecule has 2 aromatic rings. The molecule has 2 saturated heterocycles. The summed E-state index contributed by atoms with van der Waals surface area (Å²) in [5.74, 6) is 0.312. The van der Waals surface area contributed by atoms with Crippen LogP contribution >= 0.6 is 0 Å². The number of benzene rings is 2. The van der Waals surface area contributed by atoms with E-state index >= 15 is 0 Å². The summed E-state index contributed by atoms with van der Waals surface area (Å²) in [6, 6.07) is 15.8. The van der Waals surface area contributed by atoms with Crippen LogP contribution in [0.5, 0.6) is 5.75 Å². The lowest BCUT2D eigenvalue weighted by Gasteiger charge is -2.34. The van der Waals surface area contributed by atoms with Crippen LogP contribution < -0.4 is 15.0 Å². The lowest BCUT2D eigenvalue weighted by atomic mass is 10.1. The summed E-state index contributed by atoms with van der Waals surface area (Å²) < 4.78 is 5.17. The van der Waals surface area contributed by atoms with E-state index < -0.39 is 0 Å². The Morgan fingerprint density at radius 3 is 2.24 bits per heavy atom. The maximum absolute atomic E-state index is 12.7. The second kappa shape index (κ2) is 10.8. The van der Waals surface area contributed by atoms with Crippen LogP contribution in [0.15, 0.2) is 48.5 Å². The third-order valence-corrected chi connectivity index (χ3v) is 6.69. The first-order valence-corrected chi connectivity index (χ1v) is 11.8. The van der Waals surface area contributed by atoms with Crippen LogP contribution in [0.1, 0.15) is 24.5 Å². The molecule has 2 heterocycles. The molecule has 0 spiro atoms. The molecule has 2 aromatic carbocycles. The standard InChI is InChI=1S/C26H34N4O3/c1-3-28-12-14-29(15-13-28)18-21-6-4-20(5-7-21)17-27-26(32)22-16-25(31)30(19-22)23-8-10-24(33-2)11-9-23/h4-11,22H,3,12-19H2,1-2H3,(H,27,32). The Kier molecular flexibility index (Phi) is 7.62. The molecule has 1 unspecified atom stereocenters. The van der Waals surface area contributed by atoms with Crippen molar-refractivity contribution in [2.24, 2.45) is 5.92 Å².